The van der Waals surface area contributed by atoms with Crippen LogP contribution in [0.3, 0.4) is 0 Å². The first-order valence-electron chi connectivity index (χ1n) is 12.0. The van der Waals surface area contributed by atoms with Gasteiger partial charge in [-0.2, -0.15) is 0 Å². The average Bonchev–Trinajstić information content (AvgIpc) is 2.96. The number of carbonyl (C=O) groups is 1. The van der Waals surface area contributed by atoms with E-state index in [-0.39, 0.29) is 11.3 Å². The van der Waals surface area contributed by atoms with Crippen molar-refractivity contribution in [3.63, 3.8) is 0 Å². The first-order chi connectivity index (χ1) is 15.4. The van der Waals surface area contributed by atoms with Crippen LogP contribution >= 0.6 is 0 Å². The molecule has 2 aliphatic heterocycles. The summed E-state index contributed by atoms with van der Waals surface area (Å²) in [6.07, 6.45) is 9.56. The van der Waals surface area contributed by atoms with Gasteiger partial charge in [-0.3, -0.25) is 4.79 Å². The number of fused-ring (bicyclic) bond motifs is 3. The second kappa shape index (κ2) is 9.01. The Kier molecular flexibility index (Phi) is 6.32. The van der Waals surface area contributed by atoms with Gasteiger partial charge in [0.1, 0.15) is 11.4 Å². The van der Waals surface area contributed by atoms with Gasteiger partial charge in [-0.25, -0.2) is 0 Å². The zero-order valence-corrected chi connectivity index (χ0v) is 19.9. The van der Waals surface area contributed by atoms with Crippen molar-refractivity contribution >= 4 is 17.7 Å². The molecule has 2 aromatic rings. The summed E-state index contributed by atoms with van der Waals surface area (Å²) in [5.74, 6) is 0.999. The number of nitrogens with one attached hydrogen (secondary N) is 1. The summed E-state index contributed by atoms with van der Waals surface area (Å²) >= 11 is 0. The van der Waals surface area contributed by atoms with E-state index in [2.05, 4.69) is 74.3 Å². The lowest BCUT2D eigenvalue weighted by Gasteiger charge is -2.49. The van der Waals surface area contributed by atoms with Gasteiger partial charge >= 0.3 is 0 Å². The number of hydrogen-bond donors (Lipinski definition) is 1. The Morgan fingerprint density at radius 3 is 2.75 bits per heavy atom. The maximum atomic E-state index is 12.6. The van der Waals surface area contributed by atoms with Gasteiger partial charge < -0.3 is 15.0 Å². The molecular formula is C28H36N2O2. The molecule has 0 bridgehead atoms. The van der Waals surface area contributed by atoms with E-state index in [0.29, 0.717) is 13.0 Å². The zero-order chi connectivity index (χ0) is 22.8. The molecule has 0 radical (unpaired) electrons. The summed E-state index contributed by atoms with van der Waals surface area (Å²) in [7, 11) is 0. The third-order valence-corrected chi connectivity index (χ3v) is 7.07. The largest absolute Gasteiger partial charge is 0.493 e. The number of amides is 1. The number of ether oxygens (including phenoxy) is 1. The smallest absolute Gasteiger partial charge is 0.223 e. The van der Waals surface area contributed by atoms with E-state index >= 15 is 0 Å². The van der Waals surface area contributed by atoms with Crippen molar-refractivity contribution in [2.75, 3.05) is 18.1 Å². The summed E-state index contributed by atoms with van der Waals surface area (Å²) in [6, 6.07) is 14.8. The minimum absolute atomic E-state index is 0.101. The van der Waals surface area contributed by atoms with Crippen molar-refractivity contribution in [1.82, 2.24) is 5.32 Å². The fourth-order valence-electron chi connectivity index (χ4n) is 5.14. The van der Waals surface area contributed by atoms with Crippen LogP contribution in [-0.2, 0) is 10.2 Å². The van der Waals surface area contributed by atoms with Crippen molar-refractivity contribution in [3.05, 3.63) is 65.2 Å². The van der Waals surface area contributed by atoms with Crippen LogP contribution in [0.2, 0.25) is 0 Å². The maximum Gasteiger partial charge on any atom is 0.223 e. The molecule has 4 heteroatoms. The molecule has 2 aromatic carbocycles. The maximum absolute atomic E-state index is 12.6. The summed E-state index contributed by atoms with van der Waals surface area (Å²) in [4.78, 5) is 15.0. The SMILES string of the molecule is CCCCCCOc1ccccc1C=CC12NC(=O)CCN1c1ccc(C)cc1C2(C)C. The molecule has 1 unspecified atom stereocenters. The molecule has 1 N–H and O–H groups in total. The van der Waals surface area contributed by atoms with E-state index in [0.717, 1.165) is 24.3 Å². The fraction of sp³-hybridized carbons (Fsp3) is 0.464. The normalized spacial score (nSPS) is 21.4. The van der Waals surface area contributed by atoms with Crippen molar-refractivity contribution in [1.29, 1.82) is 0 Å². The van der Waals surface area contributed by atoms with Gasteiger partial charge in [-0.05, 0) is 37.1 Å². The summed E-state index contributed by atoms with van der Waals surface area (Å²) in [6.45, 7) is 10.3. The molecule has 2 heterocycles. The Labute approximate surface area is 192 Å². The number of anilines is 1. The molecule has 1 amide bonds. The van der Waals surface area contributed by atoms with Gasteiger partial charge in [0.25, 0.3) is 0 Å². The molecule has 0 saturated carbocycles. The summed E-state index contributed by atoms with van der Waals surface area (Å²) < 4.78 is 6.13. The minimum Gasteiger partial charge on any atom is -0.493 e. The minimum atomic E-state index is -0.604. The molecule has 32 heavy (non-hydrogen) atoms. The Morgan fingerprint density at radius 1 is 1.12 bits per heavy atom. The Hall–Kier alpha value is -2.75. The highest BCUT2D eigenvalue weighted by atomic mass is 16.5. The molecule has 0 aromatic heterocycles. The van der Waals surface area contributed by atoms with E-state index in [1.54, 1.807) is 0 Å². The molecule has 1 fully saturated rings. The van der Waals surface area contributed by atoms with Gasteiger partial charge in [0.15, 0.2) is 0 Å². The van der Waals surface area contributed by atoms with Crippen molar-refractivity contribution < 1.29 is 9.53 Å². The van der Waals surface area contributed by atoms with Crippen LogP contribution in [0.15, 0.2) is 48.5 Å². The van der Waals surface area contributed by atoms with Gasteiger partial charge in [-0.15, -0.1) is 0 Å². The third kappa shape index (κ3) is 3.92. The van der Waals surface area contributed by atoms with Crippen LogP contribution in [0.1, 0.15) is 69.6 Å². The standard InChI is InChI=1S/C28H36N2O2/c1-5-6-7-10-19-32-25-12-9-8-11-22(25)15-17-28-27(3,4)23-20-21(2)13-14-24(23)30(28)18-16-26(31)29-28/h8-9,11-15,17,20H,5-7,10,16,18-19H2,1-4H3,(H,29,31). The predicted octanol–water partition coefficient (Wildman–Crippen LogP) is 5.98. The van der Waals surface area contributed by atoms with Crippen LogP contribution in [0.25, 0.3) is 6.08 Å². The number of aryl methyl sites for hydroxylation is 1. The second-order valence-corrected chi connectivity index (χ2v) is 9.64. The molecular weight excluding hydrogens is 396 g/mol. The van der Waals surface area contributed by atoms with E-state index in [1.807, 2.05) is 18.2 Å². The van der Waals surface area contributed by atoms with Crippen molar-refractivity contribution in [2.45, 2.75) is 70.9 Å². The first-order valence-corrected chi connectivity index (χ1v) is 12.0. The summed E-state index contributed by atoms with van der Waals surface area (Å²) in [5, 5.41) is 3.36. The van der Waals surface area contributed by atoms with Crippen LogP contribution in [-0.4, -0.2) is 24.7 Å². The summed E-state index contributed by atoms with van der Waals surface area (Å²) in [5.41, 5.74) is 3.89. The predicted molar refractivity (Wildman–Crippen MR) is 132 cm³/mol. The number of nitrogens with zero attached hydrogens (tertiary/aromatic N) is 1. The molecule has 1 saturated heterocycles. The molecule has 1 atom stereocenters. The zero-order valence-electron chi connectivity index (χ0n) is 19.9. The lowest BCUT2D eigenvalue weighted by Crippen LogP contribution is -2.68. The quantitative estimate of drug-likeness (QED) is 0.522. The lowest BCUT2D eigenvalue weighted by molar-refractivity contribution is -0.124. The fourth-order valence-corrected chi connectivity index (χ4v) is 5.14. The molecule has 4 nitrogen and oxygen atoms in total. The highest BCUT2D eigenvalue weighted by Gasteiger charge is 2.57. The molecule has 0 aliphatic carbocycles. The van der Waals surface area contributed by atoms with Crippen LogP contribution in [0.4, 0.5) is 5.69 Å². The number of carbonyl (C=O) groups excluding carboxylic acids is 1. The first kappa shape index (κ1) is 22.4. The number of para-hydroxylation sites is 1. The molecule has 170 valence electrons. The molecule has 2 aliphatic rings. The van der Waals surface area contributed by atoms with Gasteiger partial charge in [-0.1, -0.05) is 82.0 Å². The number of unbranched alkanes of at least 4 members (excludes halogenated alkanes) is 3. The lowest BCUT2D eigenvalue weighted by atomic mass is 9.74. The topological polar surface area (TPSA) is 41.6 Å². The Balaban J connectivity index is 1.66. The van der Waals surface area contributed by atoms with Crippen molar-refractivity contribution in [2.24, 2.45) is 0 Å². The van der Waals surface area contributed by atoms with Crippen LogP contribution in [0.5, 0.6) is 5.75 Å². The average molecular weight is 433 g/mol. The highest BCUT2D eigenvalue weighted by Crippen LogP contribution is 2.52. The highest BCUT2D eigenvalue weighted by molar-refractivity contribution is 5.85. The second-order valence-electron chi connectivity index (χ2n) is 9.64. The van der Waals surface area contributed by atoms with Gasteiger partial charge in [0.2, 0.25) is 5.91 Å². The number of rotatable bonds is 8. The van der Waals surface area contributed by atoms with Crippen molar-refractivity contribution in [3.8, 4) is 5.75 Å². The Bertz CT molecular complexity index is 1010. The van der Waals surface area contributed by atoms with Gasteiger partial charge in [0, 0.05) is 29.6 Å². The monoisotopic (exact) mass is 432 g/mol. The molecule has 0 spiro atoms. The van der Waals surface area contributed by atoms with E-state index < -0.39 is 5.66 Å². The van der Waals surface area contributed by atoms with Gasteiger partial charge in [0.05, 0.1) is 6.61 Å². The Morgan fingerprint density at radius 2 is 1.94 bits per heavy atom. The van der Waals surface area contributed by atoms with E-state index in [9.17, 15) is 4.79 Å². The van der Waals surface area contributed by atoms with Crippen LogP contribution < -0.4 is 15.0 Å². The third-order valence-electron chi connectivity index (χ3n) is 7.07. The molecule has 4 rings (SSSR count). The van der Waals surface area contributed by atoms with E-state index in [1.165, 1.54) is 36.1 Å². The van der Waals surface area contributed by atoms with Crippen LogP contribution in [0, 0.1) is 6.92 Å². The van der Waals surface area contributed by atoms with E-state index in [4.69, 9.17) is 4.74 Å². The number of benzene rings is 2. The number of hydrogen-bond acceptors (Lipinski definition) is 3.